The van der Waals surface area contributed by atoms with Crippen LogP contribution in [0.15, 0.2) is 48.5 Å². The van der Waals surface area contributed by atoms with Crippen molar-refractivity contribution in [3.8, 4) is 11.1 Å². The summed E-state index contributed by atoms with van der Waals surface area (Å²) in [6, 6.07) is 13.8. The van der Waals surface area contributed by atoms with E-state index in [4.69, 9.17) is 14.9 Å². The van der Waals surface area contributed by atoms with Crippen LogP contribution in [0.5, 0.6) is 0 Å². The SMILES string of the molecule is CC(NC(=O)C(CCC(=O)O)NC(=O)OCC1c2ccccc2-c2ccccc21)C(O)CO. The summed E-state index contributed by atoms with van der Waals surface area (Å²) < 4.78 is 5.43. The highest BCUT2D eigenvalue weighted by Crippen LogP contribution is 2.44. The van der Waals surface area contributed by atoms with Crippen LogP contribution >= 0.6 is 0 Å². The lowest BCUT2D eigenvalue weighted by molar-refractivity contribution is -0.137. The average molecular weight is 456 g/mol. The van der Waals surface area contributed by atoms with E-state index in [0.717, 1.165) is 22.3 Å². The minimum absolute atomic E-state index is 0.0484. The lowest BCUT2D eigenvalue weighted by Gasteiger charge is -2.23. The number of hydrogen-bond acceptors (Lipinski definition) is 6. The first-order chi connectivity index (χ1) is 15.8. The van der Waals surface area contributed by atoms with Gasteiger partial charge in [-0.3, -0.25) is 9.59 Å². The number of alkyl carbamates (subject to hydrolysis) is 1. The van der Waals surface area contributed by atoms with Crippen molar-refractivity contribution < 1.29 is 34.4 Å². The van der Waals surface area contributed by atoms with Crippen LogP contribution in [0.3, 0.4) is 0 Å². The highest BCUT2D eigenvalue weighted by molar-refractivity contribution is 5.86. The third-order valence-corrected chi connectivity index (χ3v) is 5.73. The van der Waals surface area contributed by atoms with Gasteiger partial charge in [0.25, 0.3) is 0 Å². The number of amides is 2. The molecule has 3 unspecified atom stereocenters. The van der Waals surface area contributed by atoms with Gasteiger partial charge in [0.1, 0.15) is 12.6 Å². The first kappa shape index (κ1) is 24.2. The van der Waals surface area contributed by atoms with E-state index in [1.54, 1.807) is 0 Å². The molecule has 2 aromatic rings. The molecule has 0 bridgehead atoms. The van der Waals surface area contributed by atoms with E-state index in [9.17, 15) is 19.5 Å². The predicted octanol–water partition coefficient (Wildman–Crippen LogP) is 1.62. The molecule has 0 fully saturated rings. The van der Waals surface area contributed by atoms with Crippen LogP contribution in [0.2, 0.25) is 0 Å². The van der Waals surface area contributed by atoms with Gasteiger partial charge in [0.15, 0.2) is 0 Å². The number of fused-ring (bicyclic) bond motifs is 3. The number of aliphatic hydroxyl groups excluding tert-OH is 2. The van der Waals surface area contributed by atoms with Crippen molar-refractivity contribution in [1.29, 1.82) is 0 Å². The van der Waals surface area contributed by atoms with Gasteiger partial charge in [-0.2, -0.15) is 0 Å². The Bertz CT molecular complexity index is 964. The molecule has 3 atom stereocenters. The van der Waals surface area contributed by atoms with E-state index >= 15 is 0 Å². The third kappa shape index (κ3) is 5.88. The number of carboxylic acid groups (broad SMARTS) is 1. The molecule has 1 aliphatic carbocycles. The first-order valence-electron chi connectivity index (χ1n) is 10.7. The molecule has 0 aromatic heterocycles. The number of carbonyl (C=O) groups is 3. The Morgan fingerprint density at radius 1 is 1.00 bits per heavy atom. The molecule has 0 saturated carbocycles. The van der Waals surface area contributed by atoms with E-state index in [0.29, 0.717) is 0 Å². The Labute approximate surface area is 191 Å². The van der Waals surface area contributed by atoms with Crippen molar-refractivity contribution in [2.75, 3.05) is 13.2 Å². The van der Waals surface area contributed by atoms with Crippen LogP contribution in [0, 0.1) is 0 Å². The summed E-state index contributed by atoms with van der Waals surface area (Å²) in [4.78, 5) is 36.0. The zero-order valence-corrected chi connectivity index (χ0v) is 18.2. The molecular weight excluding hydrogens is 428 g/mol. The molecular formula is C24H28N2O7. The molecule has 9 nitrogen and oxygen atoms in total. The van der Waals surface area contributed by atoms with Gasteiger partial charge >= 0.3 is 12.1 Å². The summed E-state index contributed by atoms with van der Waals surface area (Å²) in [6.07, 6.45) is -2.55. The molecule has 0 spiro atoms. The second-order valence-corrected chi connectivity index (χ2v) is 8.00. The van der Waals surface area contributed by atoms with E-state index in [-0.39, 0.29) is 25.4 Å². The highest BCUT2D eigenvalue weighted by Gasteiger charge is 2.30. The minimum atomic E-state index is -1.19. The van der Waals surface area contributed by atoms with Crippen molar-refractivity contribution in [2.24, 2.45) is 0 Å². The summed E-state index contributed by atoms with van der Waals surface area (Å²) in [5, 5.41) is 32.5. The fraction of sp³-hybridized carbons (Fsp3) is 0.375. The first-order valence-corrected chi connectivity index (χ1v) is 10.7. The van der Waals surface area contributed by atoms with E-state index < -0.39 is 42.8 Å². The van der Waals surface area contributed by atoms with Gasteiger partial charge in [0.05, 0.1) is 18.8 Å². The van der Waals surface area contributed by atoms with Crippen LogP contribution in [-0.2, 0) is 14.3 Å². The monoisotopic (exact) mass is 456 g/mol. The number of nitrogens with one attached hydrogen (secondary N) is 2. The number of ether oxygens (including phenoxy) is 1. The normalized spacial score (nSPS) is 15.0. The fourth-order valence-electron chi connectivity index (χ4n) is 3.90. The number of aliphatic hydroxyl groups is 2. The molecule has 3 rings (SSSR count). The smallest absolute Gasteiger partial charge is 0.407 e. The lowest BCUT2D eigenvalue weighted by Crippen LogP contribution is -2.52. The third-order valence-electron chi connectivity index (χ3n) is 5.73. The number of hydrogen-bond donors (Lipinski definition) is 5. The van der Waals surface area contributed by atoms with Crippen molar-refractivity contribution in [3.05, 3.63) is 59.7 Å². The summed E-state index contributed by atoms with van der Waals surface area (Å²) in [7, 11) is 0. The molecule has 2 aromatic carbocycles. The second kappa shape index (κ2) is 10.9. The fourth-order valence-corrected chi connectivity index (χ4v) is 3.90. The Morgan fingerprint density at radius 3 is 2.12 bits per heavy atom. The van der Waals surface area contributed by atoms with E-state index in [2.05, 4.69) is 10.6 Å². The molecule has 33 heavy (non-hydrogen) atoms. The summed E-state index contributed by atoms with van der Waals surface area (Å²) >= 11 is 0. The number of rotatable bonds is 10. The minimum Gasteiger partial charge on any atom is -0.481 e. The molecule has 0 saturated heterocycles. The van der Waals surface area contributed by atoms with Crippen LogP contribution in [-0.4, -0.2) is 64.7 Å². The zero-order chi connectivity index (χ0) is 24.0. The summed E-state index contributed by atoms with van der Waals surface area (Å²) in [6.45, 7) is 0.980. The van der Waals surface area contributed by atoms with E-state index in [1.807, 2.05) is 48.5 Å². The molecule has 0 aliphatic heterocycles. The van der Waals surface area contributed by atoms with Crippen LogP contribution in [0.1, 0.15) is 36.8 Å². The van der Waals surface area contributed by atoms with E-state index in [1.165, 1.54) is 6.92 Å². The van der Waals surface area contributed by atoms with Crippen molar-refractivity contribution in [3.63, 3.8) is 0 Å². The summed E-state index contributed by atoms with van der Waals surface area (Å²) in [5.74, 6) is -1.95. The Hall–Kier alpha value is -3.43. The standard InChI is InChI=1S/C24H28N2O7/c1-14(21(28)12-27)25-23(31)20(10-11-22(29)30)26-24(32)33-13-19-17-8-4-2-6-15(17)16-7-3-5-9-18(16)19/h2-9,14,19-21,27-28H,10-13H2,1H3,(H,25,31)(H,26,32)(H,29,30). The number of benzene rings is 2. The van der Waals surface area contributed by atoms with Gasteiger partial charge in [-0.05, 0) is 35.6 Å². The molecule has 5 N–H and O–H groups in total. The van der Waals surface area contributed by atoms with Crippen molar-refractivity contribution in [1.82, 2.24) is 10.6 Å². The highest BCUT2D eigenvalue weighted by atomic mass is 16.5. The molecule has 0 heterocycles. The topological polar surface area (TPSA) is 145 Å². The molecule has 9 heteroatoms. The van der Waals surface area contributed by atoms with Crippen LogP contribution in [0.25, 0.3) is 11.1 Å². The number of carboxylic acids is 1. The maximum absolute atomic E-state index is 12.5. The average Bonchev–Trinajstić information content (AvgIpc) is 3.13. The van der Waals surface area contributed by atoms with Crippen molar-refractivity contribution >= 4 is 18.0 Å². The number of carbonyl (C=O) groups excluding carboxylic acids is 2. The molecule has 176 valence electrons. The van der Waals surface area contributed by atoms with Gasteiger partial charge in [0, 0.05) is 12.3 Å². The zero-order valence-electron chi connectivity index (χ0n) is 18.2. The Balaban J connectivity index is 1.65. The maximum atomic E-state index is 12.5. The van der Waals surface area contributed by atoms with Gasteiger partial charge in [-0.25, -0.2) is 4.79 Å². The quantitative estimate of drug-likeness (QED) is 0.365. The molecule has 0 radical (unpaired) electrons. The van der Waals surface area contributed by atoms with Gasteiger partial charge in [0.2, 0.25) is 5.91 Å². The van der Waals surface area contributed by atoms with Crippen LogP contribution in [0.4, 0.5) is 4.79 Å². The Kier molecular flexibility index (Phi) is 8.02. The molecule has 2 amide bonds. The van der Waals surface area contributed by atoms with Gasteiger partial charge in [-0.15, -0.1) is 0 Å². The largest absolute Gasteiger partial charge is 0.481 e. The van der Waals surface area contributed by atoms with Crippen LogP contribution < -0.4 is 10.6 Å². The molecule has 1 aliphatic rings. The predicted molar refractivity (Wildman–Crippen MR) is 120 cm³/mol. The van der Waals surface area contributed by atoms with Gasteiger partial charge < -0.3 is 30.7 Å². The Morgan fingerprint density at radius 2 is 1.58 bits per heavy atom. The number of aliphatic carboxylic acids is 1. The second-order valence-electron chi connectivity index (χ2n) is 8.00. The lowest BCUT2D eigenvalue weighted by atomic mass is 9.98. The maximum Gasteiger partial charge on any atom is 0.407 e. The van der Waals surface area contributed by atoms with Gasteiger partial charge in [-0.1, -0.05) is 48.5 Å². The summed E-state index contributed by atoms with van der Waals surface area (Å²) in [5.41, 5.74) is 4.24. The van der Waals surface area contributed by atoms with Crippen molar-refractivity contribution in [2.45, 2.75) is 43.9 Å².